The van der Waals surface area contributed by atoms with Gasteiger partial charge in [0.25, 0.3) is 0 Å². The van der Waals surface area contributed by atoms with Gasteiger partial charge in [0.15, 0.2) is 17.5 Å². The number of hydrogen-bond acceptors (Lipinski definition) is 4. The van der Waals surface area contributed by atoms with Crippen molar-refractivity contribution in [2.45, 2.75) is 19.3 Å². The van der Waals surface area contributed by atoms with Crippen molar-refractivity contribution < 1.29 is 4.42 Å². The van der Waals surface area contributed by atoms with Gasteiger partial charge in [-0.1, -0.05) is 129 Å². The van der Waals surface area contributed by atoms with E-state index < -0.39 is 0 Å². The highest BCUT2D eigenvalue weighted by atomic mass is 16.3. The molecule has 10 aromatic rings. The van der Waals surface area contributed by atoms with E-state index in [1.165, 1.54) is 60.0 Å². The van der Waals surface area contributed by atoms with Gasteiger partial charge in [0, 0.05) is 32.7 Å². The van der Waals surface area contributed by atoms with Crippen LogP contribution in [0, 0.1) is 0 Å². The van der Waals surface area contributed by atoms with Crippen LogP contribution in [-0.2, 0) is 5.41 Å². The van der Waals surface area contributed by atoms with Crippen LogP contribution < -0.4 is 0 Å². The van der Waals surface area contributed by atoms with E-state index in [9.17, 15) is 0 Å². The maximum absolute atomic E-state index is 6.80. The lowest BCUT2D eigenvalue weighted by Gasteiger charge is -2.21. The van der Waals surface area contributed by atoms with Crippen molar-refractivity contribution in [1.29, 1.82) is 0 Å². The van der Waals surface area contributed by atoms with E-state index in [1.807, 2.05) is 18.2 Å². The Labute approximate surface area is 276 Å². The van der Waals surface area contributed by atoms with E-state index in [1.54, 1.807) is 0 Å². The molecule has 0 saturated heterocycles. The Bertz CT molecular complexity index is 2920. The summed E-state index contributed by atoms with van der Waals surface area (Å²) in [6.45, 7) is 4.60. The fourth-order valence-corrected chi connectivity index (χ4v) is 8.45. The van der Waals surface area contributed by atoms with Crippen LogP contribution in [0.25, 0.3) is 99.5 Å². The number of nitrogens with zero attached hydrogens (tertiary/aromatic N) is 3. The van der Waals surface area contributed by atoms with Crippen LogP contribution in [0.15, 0.2) is 132 Å². The third-order valence-corrected chi connectivity index (χ3v) is 10.7. The van der Waals surface area contributed by atoms with Crippen LogP contribution in [0.4, 0.5) is 0 Å². The Kier molecular flexibility index (Phi) is 4.88. The van der Waals surface area contributed by atoms with Crippen molar-refractivity contribution in [3.05, 3.63) is 139 Å². The molecule has 0 radical (unpaired) electrons. The normalized spacial score (nSPS) is 13.8. The first-order chi connectivity index (χ1) is 23.6. The second kappa shape index (κ2) is 9.02. The van der Waals surface area contributed by atoms with Crippen LogP contribution >= 0.6 is 0 Å². The summed E-state index contributed by atoms with van der Waals surface area (Å²) in [6, 6.07) is 45.1. The van der Waals surface area contributed by atoms with Crippen molar-refractivity contribution in [1.82, 2.24) is 15.0 Å². The van der Waals surface area contributed by atoms with Gasteiger partial charge in [-0.25, -0.2) is 15.0 Å². The van der Waals surface area contributed by atoms with Crippen molar-refractivity contribution in [2.24, 2.45) is 0 Å². The second-order valence-corrected chi connectivity index (χ2v) is 13.5. The number of aromatic nitrogens is 3. The zero-order valence-electron chi connectivity index (χ0n) is 26.4. The van der Waals surface area contributed by atoms with E-state index in [4.69, 9.17) is 19.4 Å². The van der Waals surface area contributed by atoms with Crippen molar-refractivity contribution >= 4 is 54.3 Å². The lowest BCUT2D eigenvalue weighted by Crippen LogP contribution is -2.14. The molecule has 0 fully saturated rings. The highest BCUT2D eigenvalue weighted by Crippen LogP contribution is 2.52. The molecule has 0 N–H and O–H groups in total. The predicted octanol–water partition coefficient (Wildman–Crippen LogP) is 11.4. The van der Waals surface area contributed by atoms with Gasteiger partial charge in [0.2, 0.25) is 0 Å². The number of benzene rings is 8. The SMILES string of the molecule is CC1(C)c2ccccc2-c2c(-c3nc(-c4ccccc4)nc(-c4ccc5c6cccc7ccc8ccc9oc4c5c9c8c76)n3)cccc21. The smallest absolute Gasteiger partial charge is 0.167 e. The Hall–Kier alpha value is -6.13. The van der Waals surface area contributed by atoms with Gasteiger partial charge < -0.3 is 4.42 Å². The number of furan rings is 1. The molecule has 0 aliphatic heterocycles. The largest absolute Gasteiger partial charge is 0.455 e. The Balaban J connectivity index is 1.23. The fourth-order valence-electron chi connectivity index (χ4n) is 8.45. The summed E-state index contributed by atoms with van der Waals surface area (Å²) in [6.07, 6.45) is 0. The van der Waals surface area contributed by atoms with E-state index in [2.05, 4.69) is 123 Å². The molecular formula is C44H27N3O. The zero-order valence-corrected chi connectivity index (χ0v) is 26.4. The molecule has 4 heteroatoms. The number of hydrogen-bond donors (Lipinski definition) is 0. The van der Waals surface area contributed by atoms with Gasteiger partial charge in [0.05, 0.1) is 5.56 Å². The Morgan fingerprint density at radius 3 is 2.00 bits per heavy atom. The average Bonchev–Trinajstić information content (AvgIpc) is 3.64. The summed E-state index contributed by atoms with van der Waals surface area (Å²) in [4.78, 5) is 15.6. The summed E-state index contributed by atoms with van der Waals surface area (Å²) in [5, 5.41) is 9.72. The highest BCUT2D eigenvalue weighted by Gasteiger charge is 2.37. The van der Waals surface area contributed by atoms with E-state index in [-0.39, 0.29) is 5.41 Å². The maximum Gasteiger partial charge on any atom is 0.167 e. The van der Waals surface area contributed by atoms with Crippen molar-refractivity contribution in [3.8, 4) is 45.3 Å². The molecule has 224 valence electrons. The molecule has 0 atom stereocenters. The highest BCUT2D eigenvalue weighted by molar-refractivity contribution is 6.39. The van der Waals surface area contributed by atoms with E-state index in [0.717, 1.165) is 33.2 Å². The van der Waals surface area contributed by atoms with Crippen LogP contribution in [0.3, 0.4) is 0 Å². The van der Waals surface area contributed by atoms with Gasteiger partial charge in [-0.15, -0.1) is 0 Å². The van der Waals surface area contributed by atoms with Gasteiger partial charge in [0.1, 0.15) is 11.2 Å². The first-order valence-electron chi connectivity index (χ1n) is 16.5. The summed E-state index contributed by atoms with van der Waals surface area (Å²) in [5.41, 5.74) is 9.40. The third kappa shape index (κ3) is 3.26. The predicted molar refractivity (Wildman–Crippen MR) is 196 cm³/mol. The molecule has 1 aliphatic rings. The molecule has 2 heterocycles. The molecular weight excluding hydrogens is 587 g/mol. The van der Waals surface area contributed by atoms with Crippen molar-refractivity contribution in [3.63, 3.8) is 0 Å². The quantitative estimate of drug-likeness (QED) is 0.147. The van der Waals surface area contributed by atoms with Gasteiger partial charge in [-0.05, 0) is 61.3 Å². The summed E-state index contributed by atoms with van der Waals surface area (Å²) < 4.78 is 6.80. The summed E-state index contributed by atoms with van der Waals surface area (Å²) >= 11 is 0. The van der Waals surface area contributed by atoms with Crippen LogP contribution in [0.1, 0.15) is 25.0 Å². The van der Waals surface area contributed by atoms with Crippen LogP contribution in [0.2, 0.25) is 0 Å². The second-order valence-electron chi connectivity index (χ2n) is 13.5. The minimum Gasteiger partial charge on any atom is -0.455 e. The van der Waals surface area contributed by atoms with Crippen LogP contribution in [-0.4, -0.2) is 15.0 Å². The number of rotatable bonds is 3. The number of fused-ring (bicyclic) bond motifs is 4. The third-order valence-electron chi connectivity index (χ3n) is 10.7. The molecule has 0 unspecified atom stereocenters. The molecule has 8 aromatic carbocycles. The molecule has 2 aromatic heterocycles. The average molecular weight is 614 g/mol. The summed E-state index contributed by atoms with van der Waals surface area (Å²) in [5.74, 6) is 1.89. The Morgan fingerprint density at radius 1 is 0.458 bits per heavy atom. The minimum absolute atomic E-state index is 0.130. The van der Waals surface area contributed by atoms with E-state index in [0.29, 0.717) is 17.5 Å². The molecule has 0 saturated carbocycles. The monoisotopic (exact) mass is 613 g/mol. The maximum atomic E-state index is 6.80. The topological polar surface area (TPSA) is 51.8 Å². The Morgan fingerprint density at radius 2 is 1.12 bits per heavy atom. The molecule has 48 heavy (non-hydrogen) atoms. The fraction of sp³-hybridized carbons (Fsp3) is 0.0682. The summed E-state index contributed by atoms with van der Waals surface area (Å²) in [7, 11) is 0. The lowest BCUT2D eigenvalue weighted by molar-refractivity contribution is 0.660. The standard InChI is InChI=1S/C44H27N3O/c1-44(2)32-16-7-6-13-29(32)37-30(15-9-17-33(37)44)42-45-41(26-10-4-3-5-11-26)46-43(47-42)31-22-21-28-27-14-8-12-24-18-19-25-20-23-34-39(36(25)35(24)27)38(28)40(31)48-34/h3-23H,1-2H3. The van der Waals surface area contributed by atoms with Crippen LogP contribution in [0.5, 0.6) is 0 Å². The lowest BCUT2D eigenvalue weighted by atomic mass is 9.82. The van der Waals surface area contributed by atoms with E-state index >= 15 is 0 Å². The van der Waals surface area contributed by atoms with Gasteiger partial charge in [-0.3, -0.25) is 0 Å². The molecule has 0 bridgehead atoms. The molecule has 1 aliphatic carbocycles. The molecule has 11 rings (SSSR count). The first kappa shape index (κ1) is 26.0. The minimum atomic E-state index is -0.130. The van der Waals surface area contributed by atoms with Crippen molar-refractivity contribution in [2.75, 3.05) is 0 Å². The molecule has 0 amide bonds. The van der Waals surface area contributed by atoms with Gasteiger partial charge >= 0.3 is 0 Å². The van der Waals surface area contributed by atoms with Gasteiger partial charge in [-0.2, -0.15) is 0 Å². The zero-order chi connectivity index (χ0) is 31.7. The first-order valence-corrected chi connectivity index (χ1v) is 16.5. The molecule has 4 nitrogen and oxygen atoms in total. The molecule has 0 spiro atoms.